The molecule has 152 valence electrons. The molecule has 4 heterocycles. The predicted octanol–water partition coefficient (Wildman–Crippen LogP) is 4.34. The maximum Gasteiger partial charge on any atom is 0.134 e. The van der Waals surface area contributed by atoms with Gasteiger partial charge in [-0.15, -0.1) is 0 Å². The van der Waals surface area contributed by atoms with Crippen LogP contribution in [0.2, 0.25) is 0 Å². The Kier molecular flexibility index (Phi) is 5.00. The first-order valence-electron chi connectivity index (χ1n) is 10.8. The molecule has 2 aromatic heterocycles. The van der Waals surface area contributed by atoms with Crippen molar-refractivity contribution in [3.8, 4) is 5.75 Å². The van der Waals surface area contributed by atoms with E-state index in [9.17, 15) is 0 Å². The summed E-state index contributed by atoms with van der Waals surface area (Å²) in [6, 6.07) is 8.46. The maximum absolute atomic E-state index is 5.43. The van der Waals surface area contributed by atoms with Gasteiger partial charge < -0.3 is 19.5 Å². The summed E-state index contributed by atoms with van der Waals surface area (Å²) >= 11 is 0. The molecular formula is C23H29N5O. The summed E-state index contributed by atoms with van der Waals surface area (Å²) in [4.78, 5) is 17.4. The molecular weight excluding hydrogens is 362 g/mol. The van der Waals surface area contributed by atoms with Crippen LogP contribution in [0.5, 0.6) is 5.75 Å². The van der Waals surface area contributed by atoms with Crippen LogP contribution in [-0.4, -0.2) is 48.2 Å². The van der Waals surface area contributed by atoms with Crippen molar-refractivity contribution in [2.24, 2.45) is 0 Å². The molecule has 3 aromatic rings. The third-order valence-corrected chi connectivity index (χ3v) is 6.50. The van der Waals surface area contributed by atoms with E-state index < -0.39 is 0 Å². The fourth-order valence-electron chi connectivity index (χ4n) is 4.81. The number of aromatic amines is 1. The topological polar surface area (TPSA) is 57.3 Å². The third-order valence-electron chi connectivity index (χ3n) is 6.50. The second kappa shape index (κ2) is 7.93. The minimum Gasteiger partial charge on any atom is -0.497 e. The molecule has 2 aliphatic heterocycles. The highest BCUT2D eigenvalue weighted by molar-refractivity contribution is 5.85. The summed E-state index contributed by atoms with van der Waals surface area (Å²) in [5.74, 6) is 3.64. The Morgan fingerprint density at radius 2 is 1.66 bits per heavy atom. The van der Waals surface area contributed by atoms with E-state index in [1.807, 2.05) is 6.07 Å². The zero-order chi connectivity index (χ0) is 19.6. The van der Waals surface area contributed by atoms with Crippen molar-refractivity contribution < 1.29 is 4.74 Å². The van der Waals surface area contributed by atoms with Crippen LogP contribution >= 0.6 is 0 Å². The normalized spacial score (nSPS) is 18.4. The van der Waals surface area contributed by atoms with Gasteiger partial charge in [-0.2, -0.15) is 0 Å². The number of fused-ring (bicyclic) bond motifs is 1. The second-order valence-electron chi connectivity index (χ2n) is 8.20. The van der Waals surface area contributed by atoms with Gasteiger partial charge in [0.15, 0.2) is 0 Å². The minimum absolute atomic E-state index is 0.565. The molecule has 6 nitrogen and oxygen atoms in total. The fraction of sp³-hybridized carbons (Fsp3) is 0.478. The number of nitrogens with one attached hydrogen (secondary N) is 1. The van der Waals surface area contributed by atoms with E-state index in [4.69, 9.17) is 4.74 Å². The van der Waals surface area contributed by atoms with E-state index in [0.717, 1.165) is 56.4 Å². The molecule has 1 N–H and O–H groups in total. The van der Waals surface area contributed by atoms with Crippen LogP contribution < -0.4 is 14.5 Å². The number of rotatable bonds is 4. The molecule has 0 saturated carbocycles. The van der Waals surface area contributed by atoms with Crippen LogP contribution in [0.25, 0.3) is 10.9 Å². The van der Waals surface area contributed by atoms with Gasteiger partial charge in [-0.25, -0.2) is 9.97 Å². The van der Waals surface area contributed by atoms with E-state index in [0.29, 0.717) is 5.92 Å². The lowest BCUT2D eigenvalue weighted by Gasteiger charge is -2.34. The molecule has 2 fully saturated rings. The highest BCUT2D eigenvalue weighted by Gasteiger charge is 2.24. The molecule has 0 aliphatic carbocycles. The molecule has 0 radical (unpaired) electrons. The number of nitrogens with zero attached hydrogens (tertiary/aromatic N) is 4. The van der Waals surface area contributed by atoms with Crippen molar-refractivity contribution in [1.29, 1.82) is 0 Å². The highest BCUT2D eigenvalue weighted by Crippen LogP contribution is 2.35. The Bertz CT molecular complexity index is 970. The average molecular weight is 392 g/mol. The number of piperidine rings is 2. The van der Waals surface area contributed by atoms with Gasteiger partial charge in [0.2, 0.25) is 0 Å². The van der Waals surface area contributed by atoms with E-state index in [2.05, 4.69) is 49.1 Å². The number of hydrogen-bond donors (Lipinski definition) is 1. The van der Waals surface area contributed by atoms with Crippen LogP contribution in [0.1, 0.15) is 43.6 Å². The van der Waals surface area contributed by atoms with Crippen molar-refractivity contribution in [1.82, 2.24) is 15.0 Å². The zero-order valence-corrected chi connectivity index (χ0v) is 17.1. The lowest BCUT2D eigenvalue weighted by molar-refractivity contribution is 0.415. The number of ether oxygens (including phenoxy) is 1. The Morgan fingerprint density at radius 1 is 0.931 bits per heavy atom. The van der Waals surface area contributed by atoms with E-state index >= 15 is 0 Å². The highest BCUT2D eigenvalue weighted by atomic mass is 16.5. The number of aromatic nitrogens is 3. The Labute approximate surface area is 171 Å². The van der Waals surface area contributed by atoms with Crippen LogP contribution in [0.15, 0.2) is 36.8 Å². The first-order valence-corrected chi connectivity index (χ1v) is 10.8. The maximum atomic E-state index is 5.43. The average Bonchev–Trinajstić information content (AvgIpc) is 3.23. The molecule has 0 unspecified atom stereocenters. The van der Waals surface area contributed by atoms with Gasteiger partial charge in [-0.05, 0) is 61.8 Å². The predicted molar refractivity (Wildman–Crippen MR) is 117 cm³/mol. The van der Waals surface area contributed by atoms with Gasteiger partial charge in [0, 0.05) is 49.3 Å². The monoisotopic (exact) mass is 391 g/mol. The molecule has 0 amide bonds. The van der Waals surface area contributed by atoms with Crippen LogP contribution in [0.4, 0.5) is 11.6 Å². The number of anilines is 2. The molecule has 0 spiro atoms. The van der Waals surface area contributed by atoms with Crippen molar-refractivity contribution in [3.05, 3.63) is 42.4 Å². The summed E-state index contributed by atoms with van der Waals surface area (Å²) in [7, 11) is 1.73. The van der Waals surface area contributed by atoms with Gasteiger partial charge in [-0.3, -0.25) is 0 Å². The fourth-order valence-corrected chi connectivity index (χ4v) is 4.81. The third kappa shape index (κ3) is 3.63. The number of H-pyrrole nitrogens is 1. The Hall–Kier alpha value is -2.76. The van der Waals surface area contributed by atoms with Crippen LogP contribution in [0.3, 0.4) is 0 Å². The molecule has 1 aromatic carbocycles. The van der Waals surface area contributed by atoms with Gasteiger partial charge in [0.25, 0.3) is 0 Å². The van der Waals surface area contributed by atoms with E-state index in [-0.39, 0.29) is 0 Å². The molecule has 5 rings (SSSR count). The summed E-state index contributed by atoms with van der Waals surface area (Å²) in [6.45, 7) is 4.28. The van der Waals surface area contributed by atoms with Crippen molar-refractivity contribution >= 4 is 22.5 Å². The van der Waals surface area contributed by atoms with Crippen molar-refractivity contribution in [2.75, 3.05) is 43.1 Å². The van der Waals surface area contributed by atoms with Gasteiger partial charge in [-0.1, -0.05) is 0 Å². The number of hydrogen-bond acceptors (Lipinski definition) is 5. The molecule has 2 aliphatic rings. The van der Waals surface area contributed by atoms with Gasteiger partial charge in [0.05, 0.1) is 7.11 Å². The van der Waals surface area contributed by atoms with Gasteiger partial charge >= 0.3 is 0 Å². The summed E-state index contributed by atoms with van der Waals surface area (Å²) in [5.41, 5.74) is 2.60. The standard InChI is InChI=1S/C23H29N5O/c1-29-18-5-6-21-19(13-18)20(15-24-21)17-7-11-28(12-8-17)23-14-22(25-16-26-23)27-9-3-2-4-10-27/h5-6,13-17,24H,2-4,7-12H2,1H3. The molecule has 0 bridgehead atoms. The minimum atomic E-state index is 0.565. The summed E-state index contributed by atoms with van der Waals surface area (Å²) in [6.07, 6.45) is 10.0. The first-order chi connectivity index (χ1) is 14.3. The Balaban J connectivity index is 1.30. The SMILES string of the molecule is COc1ccc2[nH]cc(C3CCN(c4cc(N5CCCCC5)ncn4)CC3)c2c1. The largest absolute Gasteiger partial charge is 0.497 e. The smallest absolute Gasteiger partial charge is 0.134 e. The second-order valence-corrected chi connectivity index (χ2v) is 8.20. The number of benzene rings is 1. The van der Waals surface area contributed by atoms with Gasteiger partial charge in [0.1, 0.15) is 23.7 Å². The van der Waals surface area contributed by atoms with Crippen molar-refractivity contribution in [3.63, 3.8) is 0 Å². The summed E-state index contributed by atoms with van der Waals surface area (Å²) < 4.78 is 5.43. The molecule has 6 heteroatoms. The zero-order valence-electron chi connectivity index (χ0n) is 17.1. The summed E-state index contributed by atoms with van der Waals surface area (Å²) in [5, 5.41) is 1.29. The van der Waals surface area contributed by atoms with Crippen LogP contribution in [0, 0.1) is 0 Å². The lowest BCUT2D eigenvalue weighted by Crippen LogP contribution is -2.34. The Morgan fingerprint density at radius 3 is 2.38 bits per heavy atom. The lowest BCUT2D eigenvalue weighted by atomic mass is 9.89. The van der Waals surface area contributed by atoms with Crippen LogP contribution in [-0.2, 0) is 0 Å². The van der Waals surface area contributed by atoms with E-state index in [1.54, 1.807) is 13.4 Å². The molecule has 29 heavy (non-hydrogen) atoms. The number of methoxy groups -OCH3 is 1. The van der Waals surface area contributed by atoms with E-state index in [1.165, 1.54) is 35.7 Å². The molecule has 0 atom stereocenters. The first kappa shape index (κ1) is 18.3. The quantitative estimate of drug-likeness (QED) is 0.717. The van der Waals surface area contributed by atoms with Crippen molar-refractivity contribution in [2.45, 2.75) is 38.0 Å². The molecule has 2 saturated heterocycles.